The number of hydrogen-bond acceptors (Lipinski definition) is 6. The van der Waals surface area contributed by atoms with Crippen molar-refractivity contribution in [3.05, 3.63) is 85.3 Å². The van der Waals surface area contributed by atoms with E-state index in [0.29, 0.717) is 25.6 Å². The number of para-hydroxylation sites is 2. The second-order valence-electron chi connectivity index (χ2n) is 9.24. The summed E-state index contributed by atoms with van der Waals surface area (Å²) in [6, 6.07) is 23.8. The molecule has 3 heterocycles. The molecule has 1 fully saturated rings. The Morgan fingerprint density at radius 3 is 2.81 bits per heavy atom. The van der Waals surface area contributed by atoms with E-state index >= 15 is 0 Å². The van der Waals surface area contributed by atoms with Crippen LogP contribution in [-0.4, -0.2) is 62.2 Å². The number of nitrogens with one attached hydrogen (secondary N) is 3. The Hall–Kier alpha value is -4.50. The van der Waals surface area contributed by atoms with E-state index in [1.165, 1.54) is 0 Å². The minimum absolute atomic E-state index is 0.0112. The second kappa shape index (κ2) is 9.87. The summed E-state index contributed by atoms with van der Waals surface area (Å²) in [5.41, 5.74) is 2.72. The van der Waals surface area contributed by atoms with Gasteiger partial charge in [0.2, 0.25) is 5.95 Å². The van der Waals surface area contributed by atoms with Crippen molar-refractivity contribution in [2.24, 2.45) is 0 Å². The van der Waals surface area contributed by atoms with Crippen LogP contribution in [0, 0.1) is 0 Å². The quantitative estimate of drug-likeness (QED) is 0.339. The summed E-state index contributed by atoms with van der Waals surface area (Å²) < 4.78 is 1.95. The van der Waals surface area contributed by atoms with E-state index in [4.69, 9.17) is 4.98 Å². The molecule has 5 aromatic rings. The van der Waals surface area contributed by atoms with Gasteiger partial charge in [-0.1, -0.05) is 48.5 Å². The second-order valence-corrected chi connectivity index (χ2v) is 9.24. The Labute approximate surface area is 214 Å². The number of benzene rings is 3. The fraction of sp³-hybridized carbons (Fsp3) is 0.214. The summed E-state index contributed by atoms with van der Waals surface area (Å²) in [4.78, 5) is 28.6. The molecule has 0 radical (unpaired) electrons. The lowest BCUT2D eigenvalue weighted by atomic mass is 10.1. The molecule has 0 saturated carbocycles. The predicted octanol–water partition coefficient (Wildman–Crippen LogP) is 4.28. The molecule has 1 aliphatic rings. The highest BCUT2D eigenvalue weighted by Crippen LogP contribution is 2.23. The molecule has 2 aromatic heterocycles. The molecule has 2 atom stereocenters. The van der Waals surface area contributed by atoms with Gasteiger partial charge in [0, 0.05) is 43.3 Å². The maximum atomic E-state index is 13.2. The Bertz CT molecular complexity index is 1560. The molecule has 3 N–H and O–H groups in total. The monoisotopic (exact) mass is 492 g/mol. The van der Waals surface area contributed by atoms with Gasteiger partial charge in [0.25, 0.3) is 0 Å². The van der Waals surface area contributed by atoms with Gasteiger partial charge >= 0.3 is 6.03 Å². The molecule has 1 saturated heterocycles. The fourth-order valence-electron chi connectivity index (χ4n) is 4.83. The number of fused-ring (bicyclic) bond motifs is 2. The number of carbonyl (C=O) groups is 1. The van der Waals surface area contributed by atoms with E-state index < -0.39 is 0 Å². The SMILES string of the molecule is CC(Nc1nccc(-n2cnc3ccccc32)n1)C1CN(C(=O)Nc2cccc3ccccc23)CCN1. The number of anilines is 2. The van der Waals surface area contributed by atoms with Crippen molar-refractivity contribution in [1.29, 1.82) is 0 Å². The lowest BCUT2D eigenvalue weighted by Crippen LogP contribution is -2.58. The summed E-state index contributed by atoms with van der Waals surface area (Å²) in [6.45, 7) is 3.99. The molecule has 3 aromatic carbocycles. The smallest absolute Gasteiger partial charge is 0.321 e. The molecule has 186 valence electrons. The van der Waals surface area contributed by atoms with Crippen molar-refractivity contribution in [2.45, 2.75) is 19.0 Å². The largest absolute Gasteiger partial charge is 0.350 e. The lowest BCUT2D eigenvalue weighted by molar-refractivity contribution is 0.186. The summed E-state index contributed by atoms with van der Waals surface area (Å²) >= 11 is 0. The summed E-state index contributed by atoms with van der Waals surface area (Å²) in [5, 5.41) is 12.2. The van der Waals surface area contributed by atoms with E-state index in [1.807, 2.05) is 82.3 Å². The number of carbonyl (C=O) groups excluding carboxylic acids is 1. The van der Waals surface area contributed by atoms with Crippen LogP contribution in [0.5, 0.6) is 0 Å². The molecular weight excluding hydrogens is 464 g/mol. The van der Waals surface area contributed by atoms with E-state index in [-0.39, 0.29) is 18.1 Å². The zero-order valence-electron chi connectivity index (χ0n) is 20.5. The van der Waals surface area contributed by atoms with Gasteiger partial charge in [-0.15, -0.1) is 0 Å². The van der Waals surface area contributed by atoms with Gasteiger partial charge in [0.1, 0.15) is 12.1 Å². The van der Waals surface area contributed by atoms with Gasteiger partial charge in [0.15, 0.2) is 0 Å². The Morgan fingerprint density at radius 2 is 1.86 bits per heavy atom. The van der Waals surface area contributed by atoms with Crippen molar-refractivity contribution in [3.63, 3.8) is 0 Å². The topological polar surface area (TPSA) is 100 Å². The first-order valence-electron chi connectivity index (χ1n) is 12.4. The average molecular weight is 493 g/mol. The zero-order valence-corrected chi connectivity index (χ0v) is 20.5. The van der Waals surface area contributed by atoms with Gasteiger partial charge in [-0.2, -0.15) is 4.98 Å². The van der Waals surface area contributed by atoms with E-state index in [2.05, 4.69) is 32.8 Å². The van der Waals surface area contributed by atoms with Gasteiger partial charge in [-0.3, -0.25) is 4.57 Å². The molecule has 37 heavy (non-hydrogen) atoms. The Kier molecular flexibility index (Phi) is 6.11. The summed E-state index contributed by atoms with van der Waals surface area (Å²) in [6.07, 6.45) is 3.51. The van der Waals surface area contributed by atoms with Crippen molar-refractivity contribution >= 4 is 39.5 Å². The predicted molar refractivity (Wildman–Crippen MR) is 146 cm³/mol. The van der Waals surface area contributed by atoms with Crippen molar-refractivity contribution < 1.29 is 4.79 Å². The minimum Gasteiger partial charge on any atom is -0.350 e. The van der Waals surface area contributed by atoms with Crippen LogP contribution < -0.4 is 16.0 Å². The highest BCUT2D eigenvalue weighted by molar-refractivity contribution is 6.01. The molecule has 9 nitrogen and oxygen atoms in total. The molecule has 0 aliphatic carbocycles. The maximum Gasteiger partial charge on any atom is 0.321 e. The number of imidazole rings is 1. The van der Waals surface area contributed by atoms with Crippen LogP contribution in [0.15, 0.2) is 85.3 Å². The van der Waals surface area contributed by atoms with E-state index in [9.17, 15) is 4.79 Å². The molecule has 0 bridgehead atoms. The van der Waals surface area contributed by atoms with Crippen molar-refractivity contribution in [1.82, 2.24) is 29.7 Å². The highest BCUT2D eigenvalue weighted by Gasteiger charge is 2.27. The van der Waals surface area contributed by atoms with E-state index in [1.54, 1.807) is 12.5 Å². The number of rotatable bonds is 5. The molecule has 9 heteroatoms. The number of nitrogens with zero attached hydrogens (tertiary/aromatic N) is 5. The third-order valence-electron chi connectivity index (χ3n) is 6.83. The van der Waals surface area contributed by atoms with Gasteiger partial charge in [-0.25, -0.2) is 14.8 Å². The number of hydrogen-bond donors (Lipinski definition) is 3. The molecule has 2 unspecified atom stereocenters. The van der Waals surface area contributed by atoms with Crippen LogP contribution in [0.2, 0.25) is 0 Å². The zero-order chi connectivity index (χ0) is 25.2. The third kappa shape index (κ3) is 4.68. The molecular formula is C28H28N8O. The lowest BCUT2D eigenvalue weighted by Gasteiger charge is -2.37. The van der Waals surface area contributed by atoms with Crippen molar-refractivity contribution in [3.8, 4) is 5.82 Å². The van der Waals surface area contributed by atoms with Crippen LogP contribution in [0.3, 0.4) is 0 Å². The van der Waals surface area contributed by atoms with Crippen molar-refractivity contribution in [2.75, 3.05) is 30.3 Å². The third-order valence-corrected chi connectivity index (χ3v) is 6.83. The number of amides is 2. The molecule has 1 aliphatic heterocycles. The summed E-state index contributed by atoms with van der Waals surface area (Å²) in [5.74, 6) is 1.27. The van der Waals surface area contributed by atoms with Gasteiger partial charge in [-0.05, 0) is 36.6 Å². The average Bonchev–Trinajstić information content (AvgIpc) is 3.38. The van der Waals surface area contributed by atoms with Crippen LogP contribution in [-0.2, 0) is 0 Å². The first kappa shape index (κ1) is 22.9. The highest BCUT2D eigenvalue weighted by atomic mass is 16.2. The maximum absolute atomic E-state index is 13.2. The first-order chi connectivity index (χ1) is 18.2. The van der Waals surface area contributed by atoms with Gasteiger partial charge < -0.3 is 20.9 Å². The Balaban J connectivity index is 1.13. The number of urea groups is 1. The van der Waals surface area contributed by atoms with Crippen LogP contribution >= 0.6 is 0 Å². The first-order valence-corrected chi connectivity index (χ1v) is 12.4. The Morgan fingerprint density at radius 1 is 1.03 bits per heavy atom. The van der Waals surface area contributed by atoms with Gasteiger partial charge in [0.05, 0.1) is 16.7 Å². The number of aromatic nitrogens is 4. The molecule has 2 amide bonds. The van der Waals surface area contributed by atoms with Crippen LogP contribution in [0.25, 0.3) is 27.6 Å². The summed E-state index contributed by atoms with van der Waals surface area (Å²) in [7, 11) is 0. The fourth-order valence-corrected chi connectivity index (χ4v) is 4.83. The van der Waals surface area contributed by atoms with Crippen LogP contribution in [0.4, 0.5) is 16.4 Å². The standard InChI is InChI=1S/C28H28N8O/c1-19(32-27-30-14-13-26(34-27)36-18-31-23-10-4-5-12-25(23)36)24-17-35(16-15-29-24)28(37)33-22-11-6-8-20-7-2-3-9-21(20)22/h2-14,18-19,24,29H,15-17H2,1H3,(H,33,37)(H,30,32,34). The molecule has 6 rings (SSSR count). The van der Waals surface area contributed by atoms with E-state index in [0.717, 1.165) is 33.3 Å². The number of piperazine rings is 1. The molecule has 0 spiro atoms. The van der Waals surface area contributed by atoms with Crippen LogP contribution in [0.1, 0.15) is 6.92 Å². The normalized spacial score (nSPS) is 16.6. The minimum atomic E-state index is -0.0970.